The van der Waals surface area contributed by atoms with Gasteiger partial charge in [-0.2, -0.15) is 4.98 Å². The van der Waals surface area contributed by atoms with Gasteiger partial charge in [0.1, 0.15) is 6.04 Å². The molecule has 0 saturated carbocycles. The molecule has 0 spiro atoms. The summed E-state index contributed by atoms with van der Waals surface area (Å²) in [6, 6.07) is 9.85. The number of carbonyl (C=O) groups excluding carboxylic acids is 1. The number of nitrogens with zero attached hydrogens (tertiary/aromatic N) is 3. The number of hydrogen-bond acceptors (Lipinski definition) is 5. The summed E-state index contributed by atoms with van der Waals surface area (Å²) in [5, 5.41) is 3.98. The minimum absolute atomic E-state index is 0.0754. The van der Waals surface area contributed by atoms with Crippen molar-refractivity contribution in [1.82, 2.24) is 15.3 Å². The van der Waals surface area contributed by atoms with Gasteiger partial charge >= 0.3 is 0 Å². The normalized spacial score (nSPS) is 17.0. The number of rotatable bonds is 4. The SMILES string of the molecule is Cc1cnc2nc(N3CCC[C@@H]3C(=O)NCc3ccccc3)sc2c1C. The summed E-state index contributed by atoms with van der Waals surface area (Å²) in [6.07, 6.45) is 3.74. The molecule has 134 valence electrons. The van der Waals surface area contributed by atoms with Crippen LogP contribution in [0.25, 0.3) is 10.3 Å². The zero-order valence-electron chi connectivity index (χ0n) is 15.0. The first-order valence-corrected chi connectivity index (χ1v) is 9.76. The number of carbonyl (C=O) groups is 1. The third kappa shape index (κ3) is 3.17. The van der Waals surface area contributed by atoms with Crippen molar-refractivity contribution in [3.05, 3.63) is 53.2 Å². The summed E-state index contributed by atoms with van der Waals surface area (Å²) in [4.78, 5) is 24.0. The second-order valence-corrected chi connectivity index (χ2v) is 7.75. The molecule has 1 saturated heterocycles. The van der Waals surface area contributed by atoms with Gasteiger partial charge in [-0.25, -0.2) is 4.98 Å². The number of anilines is 1. The number of pyridine rings is 1. The van der Waals surface area contributed by atoms with Crippen LogP contribution in [0.5, 0.6) is 0 Å². The molecule has 0 radical (unpaired) electrons. The Morgan fingerprint density at radius 2 is 2.12 bits per heavy atom. The predicted molar refractivity (Wildman–Crippen MR) is 106 cm³/mol. The quantitative estimate of drug-likeness (QED) is 0.767. The van der Waals surface area contributed by atoms with E-state index < -0.39 is 0 Å². The van der Waals surface area contributed by atoms with E-state index in [0.29, 0.717) is 6.54 Å². The Labute approximate surface area is 157 Å². The van der Waals surface area contributed by atoms with Crippen molar-refractivity contribution < 1.29 is 4.79 Å². The number of thiazole rings is 1. The van der Waals surface area contributed by atoms with E-state index >= 15 is 0 Å². The first-order chi connectivity index (χ1) is 12.6. The largest absolute Gasteiger partial charge is 0.350 e. The number of benzene rings is 1. The van der Waals surface area contributed by atoms with Gasteiger partial charge in [-0.05, 0) is 43.4 Å². The first-order valence-electron chi connectivity index (χ1n) is 8.94. The highest BCUT2D eigenvalue weighted by Gasteiger charge is 2.32. The van der Waals surface area contributed by atoms with E-state index in [1.54, 1.807) is 11.3 Å². The van der Waals surface area contributed by atoms with Gasteiger partial charge in [-0.3, -0.25) is 4.79 Å². The Bertz CT molecular complexity index is 938. The second-order valence-electron chi connectivity index (χ2n) is 6.77. The molecule has 1 amide bonds. The van der Waals surface area contributed by atoms with Crippen LogP contribution < -0.4 is 10.2 Å². The molecular formula is C20H22N4OS. The minimum atomic E-state index is -0.152. The Morgan fingerprint density at radius 3 is 2.92 bits per heavy atom. The van der Waals surface area contributed by atoms with Gasteiger partial charge in [0.15, 0.2) is 10.8 Å². The number of fused-ring (bicyclic) bond motifs is 1. The summed E-state index contributed by atoms with van der Waals surface area (Å²) in [7, 11) is 0. The molecule has 1 N–H and O–H groups in total. The van der Waals surface area contributed by atoms with Crippen molar-refractivity contribution >= 4 is 32.7 Å². The van der Waals surface area contributed by atoms with Crippen LogP contribution in [0.3, 0.4) is 0 Å². The molecule has 1 aliphatic rings. The van der Waals surface area contributed by atoms with Gasteiger partial charge in [-0.1, -0.05) is 41.7 Å². The molecule has 4 rings (SSSR count). The van der Waals surface area contributed by atoms with Crippen molar-refractivity contribution in [2.24, 2.45) is 0 Å². The van der Waals surface area contributed by atoms with Crippen molar-refractivity contribution in [2.45, 2.75) is 39.3 Å². The molecule has 1 atom stereocenters. The zero-order valence-corrected chi connectivity index (χ0v) is 15.8. The van der Waals surface area contributed by atoms with Crippen molar-refractivity contribution in [3.63, 3.8) is 0 Å². The minimum Gasteiger partial charge on any atom is -0.350 e. The van der Waals surface area contributed by atoms with Gasteiger partial charge in [0.05, 0.1) is 4.70 Å². The highest BCUT2D eigenvalue weighted by Crippen LogP contribution is 2.34. The third-order valence-corrected chi connectivity index (χ3v) is 6.22. The van der Waals surface area contributed by atoms with Crippen LogP contribution in [-0.4, -0.2) is 28.5 Å². The lowest BCUT2D eigenvalue weighted by atomic mass is 10.2. The fourth-order valence-electron chi connectivity index (χ4n) is 3.36. The molecule has 1 aliphatic heterocycles. The Kier molecular flexibility index (Phi) is 4.59. The van der Waals surface area contributed by atoms with Gasteiger partial charge < -0.3 is 10.2 Å². The van der Waals surface area contributed by atoms with Crippen molar-refractivity contribution in [3.8, 4) is 0 Å². The maximum absolute atomic E-state index is 12.7. The van der Waals surface area contributed by atoms with Crippen LogP contribution >= 0.6 is 11.3 Å². The lowest BCUT2D eigenvalue weighted by Crippen LogP contribution is -2.43. The van der Waals surface area contributed by atoms with Crippen LogP contribution in [0, 0.1) is 13.8 Å². The number of aryl methyl sites for hydroxylation is 2. The first kappa shape index (κ1) is 17.0. The molecule has 3 heterocycles. The van der Waals surface area contributed by atoms with E-state index in [1.165, 1.54) is 11.1 Å². The molecule has 1 aromatic carbocycles. The van der Waals surface area contributed by atoms with E-state index in [4.69, 9.17) is 4.98 Å². The molecule has 6 heteroatoms. The predicted octanol–water partition coefficient (Wildman–Crippen LogP) is 3.59. The van der Waals surface area contributed by atoms with E-state index in [-0.39, 0.29) is 11.9 Å². The van der Waals surface area contributed by atoms with Gasteiger partial charge in [0, 0.05) is 19.3 Å². The standard InChI is InChI=1S/C20H22N4OS/c1-13-11-21-18-17(14(13)2)26-20(23-18)24-10-6-9-16(24)19(25)22-12-15-7-4-3-5-8-15/h3-5,7-8,11,16H,6,9-10,12H2,1-2H3,(H,22,25)/t16-/m1/s1. The van der Waals surface area contributed by atoms with E-state index in [1.807, 2.05) is 36.5 Å². The highest BCUT2D eigenvalue weighted by atomic mass is 32.1. The summed E-state index contributed by atoms with van der Waals surface area (Å²) in [5.41, 5.74) is 4.29. The molecule has 0 bridgehead atoms. The molecular weight excluding hydrogens is 344 g/mol. The number of nitrogens with one attached hydrogen (secondary N) is 1. The lowest BCUT2D eigenvalue weighted by molar-refractivity contribution is -0.122. The lowest BCUT2D eigenvalue weighted by Gasteiger charge is -2.23. The fraction of sp³-hybridized carbons (Fsp3) is 0.350. The molecule has 0 unspecified atom stereocenters. The maximum Gasteiger partial charge on any atom is 0.243 e. The van der Waals surface area contributed by atoms with Gasteiger partial charge in [-0.15, -0.1) is 0 Å². The molecule has 26 heavy (non-hydrogen) atoms. The van der Waals surface area contributed by atoms with E-state index in [2.05, 4.69) is 29.0 Å². The Balaban J connectivity index is 1.53. The number of hydrogen-bond donors (Lipinski definition) is 1. The highest BCUT2D eigenvalue weighted by molar-refractivity contribution is 7.22. The fourth-order valence-corrected chi connectivity index (χ4v) is 4.51. The summed E-state index contributed by atoms with van der Waals surface area (Å²) < 4.78 is 1.12. The van der Waals surface area contributed by atoms with Crippen LogP contribution in [-0.2, 0) is 11.3 Å². The summed E-state index contributed by atoms with van der Waals surface area (Å²) >= 11 is 1.64. The average molecular weight is 366 g/mol. The molecule has 2 aromatic heterocycles. The Morgan fingerprint density at radius 1 is 1.31 bits per heavy atom. The second kappa shape index (κ2) is 7.03. The van der Waals surface area contributed by atoms with Crippen molar-refractivity contribution in [2.75, 3.05) is 11.4 Å². The van der Waals surface area contributed by atoms with Crippen LogP contribution in [0.15, 0.2) is 36.5 Å². The van der Waals surface area contributed by atoms with Gasteiger partial charge in [0.2, 0.25) is 5.91 Å². The molecule has 3 aromatic rings. The van der Waals surface area contributed by atoms with Crippen LogP contribution in [0.1, 0.15) is 29.5 Å². The summed E-state index contributed by atoms with van der Waals surface area (Å²) in [5.74, 6) is 0.0754. The zero-order chi connectivity index (χ0) is 18.1. The molecule has 1 fully saturated rings. The van der Waals surface area contributed by atoms with E-state index in [9.17, 15) is 4.79 Å². The topological polar surface area (TPSA) is 58.1 Å². The average Bonchev–Trinajstić information content (AvgIpc) is 3.30. The number of amides is 1. The van der Waals surface area contributed by atoms with Crippen LogP contribution in [0.4, 0.5) is 5.13 Å². The number of aromatic nitrogens is 2. The van der Waals surface area contributed by atoms with E-state index in [0.717, 1.165) is 40.4 Å². The van der Waals surface area contributed by atoms with Crippen LogP contribution in [0.2, 0.25) is 0 Å². The Hall–Kier alpha value is -2.47. The molecule has 5 nitrogen and oxygen atoms in total. The smallest absolute Gasteiger partial charge is 0.243 e. The maximum atomic E-state index is 12.7. The van der Waals surface area contributed by atoms with Gasteiger partial charge in [0.25, 0.3) is 0 Å². The van der Waals surface area contributed by atoms with Crippen molar-refractivity contribution in [1.29, 1.82) is 0 Å². The summed E-state index contributed by atoms with van der Waals surface area (Å²) in [6.45, 7) is 5.59. The third-order valence-electron chi connectivity index (χ3n) is 5.02. The monoisotopic (exact) mass is 366 g/mol. The molecule has 0 aliphatic carbocycles.